The molecule has 0 spiro atoms. The average Bonchev–Trinajstić information content (AvgIpc) is 1.64. The standard InChI is InChI=1S/C6H10Br2/c7-5-2-1-3-6(8)4-5/h5-6H,1-4H2/t5-,6-/m0/s1. The van der Waals surface area contributed by atoms with Crippen LogP contribution in [-0.4, -0.2) is 9.65 Å². The fourth-order valence-corrected chi connectivity index (χ4v) is 3.13. The molecule has 0 nitrogen and oxygen atoms in total. The van der Waals surface area contributed by atoms with E-state index in [0.717, 1.165) is 9.65 Å². The lowest BCUT2D eigenvalue weighted by Crippen LogP contribution is -2.13. The van der Waals surface area contributed by atoms with E-state index >= 15 is 0 Å². The van der Waals surface area contributed by atoms with E-state index in [1.54, 1.807) is 0 Å². The summed E-state index contributed by atoms with van der Waals surface area (Å²) in [6, 6.07) is 0. The van der Waals surface area contributed by atoms with Crippen LogP contribution in [0.1, 0.15) is 25.7 Å². The summed E-state index contributed by atoms with van der Waals surface area (Å²) in [5.74, 6) is 0. The van der Waals surface area contributed by atoms with Gasteiger partial charge < -0.3 is 0 Å². The molecule has 0 aromatic carbocycles. The van der Waals surface area contributed by atoms with Crippen molar-refractivity contribution in [2.45, 2.75) is 35.3 Å². The summed E-state index contributed by atoms with van der Waals surface area (Å²) in [5, 5.41) is 0. The molecule has 0 heterocycles. The minimum Gasteiger partial charge on any atom is -0.0890 e. The Kier molecular flexibility index (Phi) is 2.84. The molecule has 1 rings (SSSR count). The van der Waals surface area contributed by atoms with E-state index in [4.69, 9.17) is 0 Å². The number of hydrogen-bond donors (Lipinski definition) is 0. The van der Waals surface area contributed by atoms with Gasteiger partial charge in [0.1, 0.15) is 0 Å². The lowest BCUT2D eigenvalue weighted by Gasteiger charge is -2.20. The Labute approximate surface area is 67.3 Å². The first-order valence-electron chi connectivity index (χ1n) is 3.07. The van der Waals surface area contributed by atoms with Crippen molar-refractivity contribution in [3.63, 3.8) is 0 Å². The van der Waals surface area contributed by atoms with Gasteiger partial charge in [-0.15, -0.1) is 0 Å². The van der Waals surface area contributed by atoms with Crippen molar-refractivity contribution in [3.05, 3.63) is 0 Å². The van der Waals surface area contributed by atoms with Gasteiger partial charge in [-0.2, -0.15) is 0 Å². The third-order valence-corrected chi connectivity index (χ3v) is 3.21. The molecule has 1 aliphatic carbocycles. The lowest BCUT2D eigenvalue weighted by atomic mass is 10.0. The second-order valence-corrected chi connectivity index (χ2v) is 4.95. The number of rotatable bonds is 0. The predicted molar refractivity (Wildman–Crippen MR) is 43.9 cm³/mol. The van der Waals surface area contributed by atoms with Crippen LogP contribution in [0.15, 0.2) is 0 Å². The summed E-state index contributed by atoms with van der Waals surface area (Å²) >= 11 is 7.20. The summed E-state index contributed by atoms with van der Waals surface area (Å²) in [6.45, 7) is 0. The Morgan fingerprint density at radius 2 is 1.50 bits per heavy atom. The molecule has 0 radical (unpaired) electrons. The first-order chi connectivity index (χ1) is 3.79. The van der Waals surface area contributed by atoms with E-state index in [-0.39, 0.29) is 0 Å². The van der Waals surface area contributed by atoms with Gasteiger partial charge in [0.25, 0.3) is 0 Å². The van der Waals surface area contributed by atoms with E-state index < -0.39 is 0 Å². The maximum absolute atomic E-state index is 3.60. The van der Waals surface area contributed by atoms with Crippen molar-refractivity contribution in [1.29, 1.82) is 0 Å². The second kappa shape index (κ2) is 3.21. The lowest BCUT2D eigenvalue weighted by molar-refractivity contribution is 0.539. The van der Waals surface area contributed by atoms with Gasteiger partial charge in [0.15, 0.2) is 0 Å². The molecule has 2 heteroatoms. The van der Waals surface area contributed by atoms with E-state index in [1.807, 2.05) is 0 Å². The number of hydrogen-bond acceptors (Lipinski definition) is 0. The molecule has 0 aromatic heterocycles. The zero-order valence-corrected chi connectivity index (χ0v) is 7.91. The molecule has 1 fully saturated rings. The van der Waals surface area contributed by atoms with E-state index in [9.17, 15) is 0 Å². The topological polar surface area (TPSA) is 0 Å². The molecule has 48 valence electrons. The van der Waals surface area contributed by atoms with Crippen LogP contribution < -0.4 is 0 Å². The third kappa shape index (κ3) is 2.06. The van der Waals surface area contributed by atoms with Crippen LogP contribution in [0, 0.1) is 0 Å². The van der Waals surface area contributed by atoms with Crippen LogP contribution in [-0.2, 0) is 0 Å². The molecule has 0 N–H and O–H groups in total. The number of halogens is 2. The van der Waals surface area contributed by atoms with Crippen molar-refractivity contribution >= 4 is 31.9 Å². The third-order valence-electron chi connectivity index (χ3n) is 1.55. The molecule has 1 saturated carbocycles. The highest BCUT2D eigenvalue weighted by Crippen LogP contribution is 2.28. The molecule has 0 bridgehead atoms. The summed E-state index contributed by atoms with van der Waals surface area (Å²) in [7, 11) is 0. The molecular formula is C6H10Br2. The van der Waals surface area contributed by atoms with Gasteiger partial charge >= 0.3 is 0 Å². The van der Waals surface area contributed by atoms with E-state index in [0.29, 0.717) is 0 Å². The molecule has 1 aliphatic rings. The van der Waals surface area contributed by atoms with Gasteiger partial charge in [-0.25, -0.2) is 0 Å². The van der Waals surface area contributed by atoms with Crippen molar-refractivity contribution in [2.75, 3.05) is 0 Å². The van der Waals surface area contributed by atoms with Crippen LogP contribution in [0.3, 0.4) is 0 Å². The minimum atomic E-state index is 0.778. The molecule has 0 saturated heterocycles. The van der Waals surface area contributed by atoms with E-state index in [2.05, 4.69) is 31.9 Å². The zero-order valence-electron chi connectivity index (χ0n) is 4.74. The summed E-state index contributed by atoms with van der Waals surface area (Å²) in [4.78, 5) is 1.56. The average molecular weight is 242 g/mol. The zero-order chi connectivity index (χ0) is 5.98. The highest BCUT2D eigenvalue weighted by atomic mass is 79.9. The smallest absolute Gasteiger partial charge is 0.0156 e. The van der Waals surface area contributed by atoms with Crippen LogP contribution >= 0.6 is 31.9 Å². The Morgan fingerprint density at radius 1 is 1.00 bits per heavy atom. The fraction of sp³-hybridized carbons (Fsp3) is 1.00. The Balaban J connectivity index is 2.23. The van der Waals surface area contributed by atoms with Crippen molar-refractivity contribution in [1.82, 2.24) is 0 Å². The predicted octanol–water partition coefficient (Wildman–Crippen LogP) is 3.09. The van der Waals surface area contributed by atoms with E-state index in [1.165, 1.54) is 25.7 Å². The Morgan fingerprint density at radius 3 is 1.75 bits per heavy atom. The first-order valence-corrected chi connectivity index (χ1v) is 4.90. The van der Waals surface area contributed by atoms with Crippen LogP contribution in [0.2, 0.25) is 0 Å². The minimum absolute atomic E-state index is 0.778. The molecule has 0 aromatic rings. The maximum atomic E-state index is 3.60. The van der Waals surface area contributed by atoms with Gasteiger partial charge in [-0.05, 0) is 19.3 Å². The van der Waals surface area contributed by atoms with Gasteiger partial charge in [0.05, 0.1) is 0 Å². The molecule has 2 atom stereocenters. The van der Waals surface area contributed by atoms with Crippen molar-refractivity contribution in [2.24, 2.45) is 0 Å². The molecule has 8 heavy (non-hydrogen) atoms. The van der Waals surface area contributed by atoms with Gasteiger partial charge in [0.2, 0.25) is 0 Å². The fourth-order valence-electron chi connectivity index (χ4n) is 1.07. The summed E-state index contributed by atoms with van der Waals surface area (Å²) in [5.41, 5.74) is 0. The highest BCUT2D eigenvalue weighted by Gasteiger charge is 2.16. The summed E-state index contributed by atoms with van der Waals surface area (Å²) in [6.07, 6.45) is 5.41. The second-order valence-electron chi connectivity index (χ2n) is 2.36. The Hall–Kier alpha value is 0.960. The molecule has 0 unspecified atom stereocenters. The normalized spacial score (nSPS) is 39.8. The molecule has 0 aliphatic heterocycles. The van der Waals surface area contributed by atoms with Crippen LogP contribution in [0.4, 0.5) is 0 Å². The Bertz CT molecular complexity index is 64.9. The monoisotopic (exact) mass is 240 g/mol. The summed E-state index contributed by atoms with van der Waals surface area (Å²) < 4.78 is 0. The SMILES string of the molecule is Br[C@H]1CCC[C@H](Br)C1. The number of alkyl halides is 2. The highest BCUT2D eigenvalue weighted by molar-refractivity contribution is 9.10. The first kappa shape index (κ1) is 7.07. The van der Waals surface area contributed by atoms with Gasteiger partial charge in [0, 0.05) is 9.65 Å². The van der Waals surface area contributed by atoms with Crippen LogP contribution in [0.5, 0.6) is 0 Å². The van der Waals surface area contributed by atoms with Gasteiger partial charge in [-0.1, -0.05) is 38.3 Å². The van der Waals surface area contributed by atoms with Crippen molar-refractivity contribution in [3.8, 4) is 0 Å². The quantitative estimate of drug-likeness (QED) is 0.572. The van der Waals surface area contributed by atoms with Crippen LogP contribution in [0.25, 0.3) is 0 Å². The molecular weight excluding hydrogens is 232 g/mol. The maximum Gasteiger partial charge on any atom is 0.0156 e. The van der Waals surface area contributed by atoms with Gasteiger partial charge in [-0.3, -0.25) is 0 Å². The molecule has 0 amide bonds. The largest absolute Gasteiger partial charge is 0.0890 e. The van der Waals surface area contributed by atoms with Crippen molar-refractivity contribution < 1.29 is 0 Å².